The molecule has 1 unspecified atom stereocenters. The van der Waals surface area contributed by atoms with Gasteiger partial charge in [-0.25, -0.2) is 0 Å². The Morgan fingerprint density at radius 1 is 1.38 bits per heavy atom. The van der Waals surface area contributed by atoms with Gasteiger partial charge in [-0.1, -0.05) is 0 Å². The predicted molar refractivity (Wildman–Crippen MR) is 57.1 cm³/mol. The third-order valence-electron chi connectivity index (χ3n) is 3.23. The van der Waals surface area contributed by atoms with Crippen molar-refractivity contribution in [2.75, 3.05) is 24.6 Å². The summed E-state index contributed by atoms with van der Waals surface area (Å²) >= 11 is 2.04. The number of piperidine rings is 1. The SMILES string of the molecule is OC1(CC2CCSC2)CCNCC1. The lowest BCUT2D eigenvalue weighted by atomic mass is 9.83. The van der Waals surface area contributed by atoms with Gasteiger partial charge >= 0.3 is 0 Å². The van der Waals surface area contributed by atoms with Crippen LogP contribution in [0.15, 0.2) is 0 Å². The van der Waals surface area contributed by atoms with Crippen molar-refractivity contribution in [2.24, 2.45) is 5.92 Å². The maximum Gasteiger partial charge on any atom is 0.0674 e. The average molecular weight is 201 g/mol. The van der Waals surface area contributed by atoms with E-state index in [1.54, 1.807) is 0 Å². The summed E-state index contributed by atoms with van der Waals surface area (Å²) in [5.74, 6) is 3.36. The summed E-state index contributed by atoms with van der Waals surface area (Å²) in [4.78, 5) is 0. The number of nitrogens with one attached hydrogen (secondary N) is 1. The second-order valence-electron chi connectivity index (χ2n) is 4.41. The number of hydrogen-bond donors (Lipinski definition) is 2. The van der Waals surface area contributed by atoms with Gasteiger partial charge in [0.25, 0.3) is 0 Å². The van der Waals surface area contributed by atoms with E-state index in [0.29, 0.717) is 0 Å². The molecular weight excluding hydrogens is 182 g/mol. The smallest absolute Gasteiger partial charge is 0.0674 e. The topological polar surface area (TPSA) is 32.3 Å². The molecule has 2 aliphatic heterocycles. The Balaban J connectivity index is 1.83. The third kappa shape index (κ3) is 2.61. The molecule has 0 radical (unpaired) electrons. The molecule has 13 heavy (non-hydrogen) atoms. The molecule has 0 amide bonds. The first-order chi connectivity index (χ1) is 6.29. The molecule has 2 saturated heterocycles. The van der Waals surface area contributed by atoms with Crippen LogP contribution in [0.4, 0.5) is 0 Å². The van der Waals surface area contributed by atoms with Crippen molar-refractivity contribution in [2.45, 2.75) is 31.3 Å². The van der Waals surface area contributed by atoms with Crippen LogP contribution in [-0.4, -0.2) is 35.3 Å². The molecule has 2 heterocycles. The number of aliphatic hydroxyl groups is 1. The summed E-state index contributed by atoms with van der Waals surface area (Å²) in [5.41, 5.74) is -0.333. The molecule has 0 aliphatic carbocycles. The lowest BCUT2D eigenvalue weighted by Crippen LogP contribution is -2.43. The first-order valence-corrected chi connectivity index (χ1v) is 6.45. The number of thioether (sulfide) groups is 1. The van der Waals surface area contributed by atoms with Crippen molar-refractivity contribution in [1.29, 1.82) is 0 Å². The van der Waals surface area contributed by atoms with Crippen LogP contribution in [0.5, 0.6) is 0 Å². The summed E-state index contributed by atoms with van der Waals surface area (Å²) in [6.45, 7) is 1.99. The molecule has 1 atom stereocenters. The van der Waals surface area contributed by atoms with Gasteiger partial charge in [0.05, 0.1) is 5.60 Å². The molecule has 0 bridgehead atoms. The summed E-state index contributed by atoms with van der Waals surface area (Å²) in [6, 6.07) is 0. The molecule has 2 fully saturated rings. The fourth-order valence-corrected chi connectivity index (χ4v) is 3.66. The molecule has 0 aromatic rings. The van der Waals surface area contributed by atoms with Crippen LogP contribution in [0.2, 0.25) is 0 Å². The third-order valence-corrected chi connectivity index (χ3v) is 4.46. The highest BCUT2D eigenvalue weighted by Gasteiger charge is 2.32. The highest BCUT2D eigenvalue weighted by molar-refractivity contribution is 7.99. The Bertz CT molecular complexity index is 162. The van der Waals surface area contributed by atoms with Gasteiger partial charge in [0.15, 0.2) is 0 Å². The Hall–Kier alpha value is 0.270. The zero-order chi connectivity index (χ0) is 9.15. The van der Waals surface area contributed by atoms with E-state index in [1.165, 1.54) is 17.9 Å². The minimum absolute atomic E-state index is 0.333. The van der Waals surface area contributed by atoms with E-state index in [4.69, 9.17) is 0 Å². The van der Waals surface area contributed by atoms with Crippen LogP contribution in [0.25, 0.3) is 0 Å². The normalized spacial score (nSPS) is 33.5. The fraction of sp³-hybridized carbons (Fsp3) is 1.00. The molecule has 0 aromatic heterocycles. The van der Waals surface area contributed by atoms with Gasteiger partial charge in [-0.3, -0.25) is 0 Å². The highest BCUT2D eigenvalue weighted by atomic mass is 32.2. The van der Waals surface area contributed by atoms with Gasteiger partial charge in [0, 0.05) is 0 Å². The maximum atomic E-state index is 10.3. The summed E-state index contributed by atoms with van der Waals surface area (Å²) in [7, 11) is 0. The summed E-state index contributed by atoms with van der Waals surface area (Å²) in [6.07, 6.45) is 4.27. The first-order valence-electron chi connectivity index (χ1n) is 5.29. The fourth-order valence-electron chi connectivity index (χ4n) is 2.38. The van der Waals surface area contributed by atoms with Crippen LogP contribution in [0.3, 0.4) is 0 Å². The van der Waals surface area contributed by atoms with Crippen molar-refractivity contribution in [1.82, 2.24) is 5.32 Å². The van der Waals surface area contributed by atoms with Gasteiger partial charge in [0.2, 0.25) is 0 Å². The monoisotopic (exact) mass is 201 g/mol. The van der Waals surface area contributed by atoms with Gasteiger partial charge in [-0.15, -0.1) is 0 Å². The minimum atomic E-state index is -0.333. The molecule has 0 aromatic carbocycles. The van der Waals surface area contributed by atoms with E-state index in [1.807, 2.05) is 11.8 Å². The zero-order valence-electron chi connectivity index (χ0n) is 8.09. The van der Waals surface area contributed by atoms with Crippen molar-refractivity contribution < 1.29 is 5.11 Å². The van der Waals surface area contributed by atoms with E-state index >= 15 is 0 Å². The molecule has 0 spiro atoms. The van der Waals surface area contributed by atoms with Crippen molar-refractivity contribution in [3.05, 3.63) is 0 Å². The van der Waals surface area contributed by atoms with Gasteiger partial charge < -0.3 is 10.4 Å². The second kappa shape index (κ2) is 4.20. The van der Waals surface area contributed by atoms with E-state index in [-0.39, 0.29) is 5.60 Å². The zero-order valence-corrected chi connectivity index (χ0v) is 8.91. The number of hydrogen-bond acceptors (Lipinski definition) is 3. The quantitative estimate of drug-likeness (QED) is 0.705. The van der Waals surface area contributed by atoms with Gasteiger partial charge in [-0.2, -0.15) is 11.8 Å². The van der Waals surface area contributed by atoms with E-state index in [0.717, 1.165) is 38.3 Å². The summed E-state index contributed by atoms with van der Waals surface area (Å²) in [5, 5.41) is 13.6. The lowest BCUT2D eigenvalue weighted by molar-refractivity contribution is -0.00895. The predicted octanol–water partition coefficient (Wildman–Crippen LogP) is 1.24. The standard InChI is InChI=1S/C10H19NOS/c12-10(2-4-11-5-3-10)7-9-1-6-13-8-9/h9,11-12H,1-8H2. The minimum Gasteiger partial charge on any atom is -0.390 e. The van der Waals surface area contributed by atoms with E-state index in [9.17, 15) is 5.11 Å². The molecule has 3 heteroatoms. The lowest BCUT2D eigenvalue weighted by Gasteiger charge is -2.34. The molecule has 2 aliphatic rings. The Kier molecular flexibility index (Phi) is 3.17. The largest absolute Gasteiger partial charge is 0.390 e. The maximum absolute atomic E-state index is 10.3. The summed E-state index contributed by atoms with van der Waals surface area (Å²) < 4.78 is 0. The van der Waals surface area contributed by atoms with Gasteiger partial charge in [-0.05, 0) is 56.2 Å². The van der Waals surface area contributed by atoms with Crippen LogP contribution >= 0.6 is 11.8 Å². The number of rotatable bonds is 2. The molecule has 2 nitrogen and oxygen atoms in total. The van der Waals surface area contributed by atoms with Crippen LogP contribution in [-0.2, 0) is 0 Å². The van der Waals surface area contributed by atoms with E-state index < -0.39 is 0 Å². The Morgan fingerprint density at radius 3 is 2.77 bits per heavy atom. The molecule has 0 saturated carbocycles. The van der Waals surface area contributed by atoms with Crippen molar-refractivity contribution in [3.63, 3.8) is 0 Å². The Morgan fingerprint density at radius 2 is 2.15 bits per heavy atom. The van der Waals surface area contributed by atoms with Crippen LogP contribution < -0.4 is 5.32 Å². The first kappa shape index (κ1) is 9.81. The van der Waals surface area contributed by atoms with Crippen LogP contribution in [0.1, 0.15) is 25.7 Å². The highest BCUT2D eigenvalue weighted by Crippen LogP contribution is 2.33. The average Bonchev–Trinajstić information content (AvgIpc) is 2.57. The van der Waals surface area contributed by atoms with Crippen molar-refractivity contribution in [3.8, 4) is 0 Å². The molecule has 2 rings (SSSR count). The molecule has 76 valence electrons. The van der Waals surface area contributed by atoms with Crippen LogP contribution in [0, 0.1) is 5.92 Å². The second-order valence-corrected chi connectivity index (χ2v) is 5.56. The van der Waals surface area contributed by atoms with E-state index in [2.05, 4.69) is 5.32 Å². The Labute approximate surface area is 84.5 Å². The van der Waals surface area contributed by atoms with Gasteiger partial charge in [0.1, 0.15) is 0 Å². The molecular formula is C10H19NOS. The van der Waals surface area contributed by atoms with Crippen molar-refractivity contribution >= 4 is 11.8 Å². The molecule has 2 N–H and O–H groups in total.